The van der Waals surface area contributed by atoms with Gasteiger partial charge in [0.1, 0.15) is 23.7 Å². The van der Waals surface area contributed by atoms with Crippen molar-refractivity contribution in [1.82, 2.24) is 0 Å². The van der Waals surface area contributed by atoms with Gasteiger partial charge in [0.2, 0.25) is 5.91 Å². The van der Waals surface area contributed by atoms with Crippen molar-refractivity contribution in [3.63, 3.8) is 0 Å². The Bertz CT molecular complexity index is 766. The van der Waals surface area contributed by atoms with E-state index in [1.54, 1.807) is 5.94 Å². The SMILES string of the molecule is CC(=O)CC1(C(C)=C=O)C(=O)N(CC(=O)O)c2ccc(Cl)cc21. The van der Waals surface area contributed by atoms with Crippen molar-refractivity contribution in [3.05, 3.63) is 34.4 Å². The monoisotopic (exact) mass is 335 g/mol. The summed E-state index contributed by atoms with van der Waals surface area (Å²) in [7, 11) is 0. The molecule has 0 bridgehead atoms. The highest BCUT2D eigenvalue weighted by molar-refractivity contribution is 6.31. The number of carboxylic acids is 1. The molecule has 0 saturated heterocycles. The molecular weight excluding hydrogens is 322 g/mol. The van der Waals surface area contributed by atoms with Crippen molar-refractivity contribution in [2.75, 3.05) is 11.4 Å². The number of ketones is 1. The molecule has 1 aliphatic heterocycles. The molecule has 0 aliphatic carbocycles. The van der Waals surface area contributed by atoms with Crippen molar-refractivity contribution in [2.45, 2.75) is 25.7 Å². The molecule has 1 N–H and O–H groups in total. The molecule has 0 radical (unpaired) electrons. The molecule has 0 aromatic heterocycles. The van der Waals surface area contributed by atoms with E-state index in [2.05, 4.69) is 0 Å². The van der Waals surface area contributed by atoms with Gasteiger partial charge in [-0.25, -0.2) is 4.79 Å². The van der Waals surface area contributed by atoms with Gasteiger partial charge < -0.3 is 5.11 Å². The second kappa shape index (κ2) is 5.99. The van der Waals surface area contributed by atoms with Gasteiger partial charge in [-0.15, -0.1) is 0 Å². The maximum Gasteiger partial charge on any atom is 0.323 e. The van der Waals surface area contributed by atoms with Crippen LogP contribution in [0.3, 0.4) is 0 Å². The Morgan fingerprint density at radius 1 is 1.35 bits per heavy atom. The molecule has 1 heterocycles. The van der Waals surface area contributed by atoms with Gasteiger partial charge in [-0.1, -0.05) is 11.6 Å². The topological polar surface area (TPSA) is 91.8 Å². The van der Waals surface area contributed by atoms with Gasteiger partial charge in [-0.05, 0) is 37.6 Å². The van der Waals surface area contributed by atoms with E-state index in [4.69, 9.17) is 16.7 Å². The summed E-state index contributed by atoms with van der Waals surface area (Å²) in [6, 6.07) is 4.52. The van der Waals surface area contributed by atoms with Gasteiger partial charge in [-0.3, -0.25) is 19.3 Å². The number of benzene rings is 1. The number of aliphatic carboxylic acids is 1. The number of hydrogen-bond donors (Lipinski definition) is 1. The highest BCUT2D eigenvalue weighted by atomic mass is 35.5. The Hall–Kier alpha value is -2.43. The fourth-order valence-corrected chi connectivity index (χ4v) is 3.13. The maximum absolute atomic E-state index is 12.9. The number of hydrogen-bond acceptors (Lipinski definition) is 4. The number of carbonyl (C=O) groups excluding carboxylic acids is 3. The summed E-state index contributed by atoms with van der Waals surface area (Å²) in [5, 5.41) is 9.37. The fourth-order valence-electron chi connectivity index (χ4n) is 2.96. The van der Waals surface area contributed by atoms with E-state index in [0.717, 1.165) is 4.90 Å². The standard InChI is InChI=1S/C16H14ClNO5/c1-9(8-19)16(6-10(2)20)12-5-11(17)3-4-13(12)18(15(16)23)7-14(21)22/h3-5H,6-7H2,1-2H3,(H,21,22). The second-order valence-electron chi connectivity index (χ2n) is 5.46. The lowest BCUT2D eigenvalue weighted by molar-refractivity contribution is -0.137. The Morgan fingerprint density at radius 3 is 2.52 bits per heavy atom. The third kappa shape index (κ3) is 2.67. The van der Waals surface area contributed by atoms with Crippen LogP contribution < -0.4 is 4.90 Å². The Labute approximate surface area is 137 Å². The first-order valence-electron chi connectivity index (χ1n) is 6.79. The molecule has 7 heteroatoms. The largest absolute Gasteiger partial charge is 0.480 e. The van der Waals surface area contributed by atoms with Gasteiger partial charge in [0.25, 0.3) is 0 Å². The van der Waals surface area contributed by atoms with Gasteiger partial charge >= 0.3 is 5.97 Å². The van der Waals surface area contributed by atoms with E-state index in [1.165, 1.54) is 32.0 Å². The lowest BCUT2D eigenvalue weighted by Gasteiger charge is -2.26. The van der Waals surface area contributed by atoms with Crippen molar-refractivity contribution < 1.29 is 24.3 Å². The smallest absolute Gasteiger partial charge is 0.323 e. The number of Topliss-reactive ketones (excluding diaryl/α,β-unsaturated/α-hetero) is 1. The summed E-state index contributed by atoms with van der Waals surface area (Å²) in [5.74, 6) is -0.449. The molecule has 1 aromatic rings. The lowest BCUT2D eigenvalue weighted by Crippen LogP contribution is -2.44. The molecule has 0 spiro atoms. The summed E-state index contributed by atoms with van der Waals surface area (Å²) in [6.07, 6.45) is -0.254. The van der Waals surface area contributed by atoms with Crippen molar-refractivity contribution >= 4 is 40.9 Å². The zero-order valence-corrected chi connectivity index (χ0v) is 13.3. The van der Waals surface area contributed by atoms with Crippen molar-refractivity contribution in [1.29, 1.82) is 0 Å². The molecule has 1 aromatic carbocycles. The van der Waals surface area contributed by atoms with Gasteiger partial charge in [0.15, 0.2) is 0 Å². The Balaban J connectivity index is 2.79. The van der Waals surface area contributed by atoms with Crippen LogP contribution in [0.5, 0.6) is 0 Å². The van der Waals surface area contributed by atoms with Gasteiger partial charge in [-0.2, -0.15) is 0 Å². The summed E-state index contributed by atoms with van der Waals surface area (Å²) in [6.45, 7) is 2.14. The molecule has 1 amide bonds. The van der Waals surface area contributed by atoms with E-state index >= 15 is 0 Å². The van der Waals surface area contributed by atoms with Crippen LogP contribution in [0.2, 0.25) is 5.02 Å². The first-order chi connectivity index (χ1) is 10.7. The number of nitrogens with zero attached hydrogens (tertiary/aromatic N) is 1. The van der Waals surface area contributed by atoms with Gasteiger partial charge in [0, 0.05) is 22.7 Å². The minimum atomic E-state index is -1.55. The molecular formula is C16H14ClNO5. The highest BCUT2D eigenvalue weighted by Crippen LogP contribution is 2.48. The molecule has 0 fully saturated rings. The van der Waals surface area contributed by atoms with E-state index in [1.807, 2.05) is 0 Å². The molecule has 1 aliphatic rings. The van der Waals surface area contributed by atoms with Crippen LogP contribution in [0.4, 0.5) is 5.69 Å². The zero-order valence-electron chi connectivity index (χ0n) is 12.6. The van der Waals surface area contributed by atoms with Gasteiger partial charge in [0.05, 0.1) is 0 Å². The fraction of sp³-hybridized carbons (Fsp3) is 0.312. The predicted octanol–water partition coefficient (Wildman–Crippen LogP) is 1.77. The average Bonchev–Trinajstić information content (AvgIpc) is 2.68. The quantitative estimate of drug-likeness (QED) is 0.828. The molecule has 120 valence electrons. The van der Waals surface area contributed by atoms with Crippen LogP contribution in [-0.4, -0.2) is 35.3 Å². The van der Waals surface area contributed by atoms with Crippen LogP contribution >= 0.6 is 11.6 Å². The third-order valence-corrected chi connectivity index (χ3v) is 4.16. The first-order valence-corrected chi connectivity index (χ1v) is 7.17. The van der Waals surface area contributed by atoms with Crippen molar-refractivity contribution in [2.24, 2.45) is 0 Å². The summed E-state index contributed by atoms with van der Waals surface area (Å²) >= 11 is 6.00. The van der Waals surface area contributed by atoms with E-state index in [0.29, 0.717) is 16.3 Å². The van der Waals surface area contributed by atoms with Crippen LogP contribution in [0.15, 0.2) is 23.8 Å². The summed E-state index contributed by atoms with van der Waals surface area (Å²) in [4.78, 5) is 48.1. The number of carbonyl (C=O) groups is 3. The number of amides is 1. The van der Waals surface area contributed by atoms with Crippen LogP contribution in [0.1, 0.15) is 25.8 Å². The summed E-state index contributed by atoms with van der Waals surface area (Å²) in [5.41, 5.74) is -0.845. The molecule has 2 rings (SSSR count). The van der Waals surface area contributed by atoms with E-state index in [-0.39, 0.29) is 17.8 Å². The number of carboxylic acid groups (broad SMARTS) is 1. The molecule has 1 unspecified atom stereocenters. The molecule has 23 heavy (non-hydrogen) atoms. The highest BCUT2D eigenvalue weighted by Gasteiger charge is 2.53. The molecule has 6 nitrogen and oxygen atoms in total. The minimum absolute atomic E-state index is 0.0223. The number of anilines is 1. The molecule has 0 saturated carbocycles. The van der Waals surface area contributed by atoms with E-state index in [9.17, 15) is 19.2 Å². The van der Waals surface area contributed by atoms with Crippen LogP contribution in [0, 0.1) is 0 Å². The first kappa shape index (κ1) is 16.9. The normalized spacial score (nSPS) is 19.3. The second-order valence-corrected chi connectivity index (χ2v) is 5.89. The molecule has 1 atom stereocenters. The lowest BCUT2D eigenvalue weighted by atomic mass is 9.72. The Morgan fingerprint density at radius 2 is 2.00 bits per heavy atom. The van der Waals surface area contributed by atoms with E-state index < -0.39 is 23.8 Å². The maximum atomic E-state index is 12.9. The Kier molecular flexibility index (Phi) is 4.41. The minimum Gasteiger partial charge on any atom is -0.480 e. The number of fused-ring (bicyclic) bond motifs is 1. The number of halogens is 1. The zero-order chi connectivity index (χ0) is 17.4. The third-order valence-electron chi connectivity index (χ3n) is 3.92. The van der Waals surface area contributed by atoms with Crippen LogP contribution in [0.25, 0.3) is 0 Å². The predicted molar refractivity (Wildman–Crippen MR) is 83.3 cm³/mol. The van der Waals surface area contributed by atoms with Crippen molar-refractivity contribution in [3.8, 4) is 0 Å². The summed E-state index contributed by atoms with van der Waals surface area (Å²) < 4.78 is 0. The van der Waals surface area contributed by atoms with Crippen LogP contribution in [-0.2, 0) is 24.6 Å². The average molecular weight is 336 g/mol. The number of rotatable bonds is 5.